The van der Waals surface area contributed by atoms with E-state index < -0.39 is 5.41 Å². The van der Waals surface area contributed by atoms with Crippen LogP contribution in [-0.2, 0) is 10.2 Å². The van der Waals surface area contributed by atoms with Gasteiger partial charge in [-0.1, -0.05) is 88.4 Å². The van der Waals surface area contributed by atoms with Crippen molar-refractivity contribution >= 4 is 22.8 Å². The summed E-state index contributed by atoms with van der Waals surface area (Å²) >= 11 is 1.29. The largest absolute Gasteiger partial charge is 0.504 e. The van der Waals surface area contributed by atoms with Crippen molar-refractivity contribution in [2.45, 2.75) is 97.2 Å². The molecule has 4 aliphatic carbocycles. The Morgan fingerprint density at radius 3 is 2.26 bits per heavy atom. The molecule has 0 bridgehead atoms. The highest BCUT2D eigenvalue weighted by atomic mass is 32.2. The van der Waals surface area contributed by atoms with Gasteiger partial charge in [0.15, 0.2) is 11.5 Å². The molecule has 224 valence electrons. The molecule has 2 aromatic carbocycles. The number of carbonyl (C=O) groups excluding carboxylic acids is 2. The Bertz CT molecular complexity index is 1520. The number of thioether (sulfide) groups is 1. The Morgan fingerprint density at radius 2 is 1.60 bits per heavy atom. The van der Waals surface area contributed by atoms with Crippen LogP contribution in [0.15, 0.2) is 48.0 Å². The van der Waals surface area contributed by atoms with Gasteiger partial charge in [-0.2, -0.15) is 0 Å². The standard InChI is InChI=1S/C36H45NO4S/c1-21-28-23(18-24(38)29(21)39)34(4)15-17-36(6)27-20-33(3,31(37)41)13-12-32(27,2)14-16-35(36,5)26(34)19-25(28)42-30(40)22-10-8-7-9-11-22/h7-11,18-19,25,27,38-39H,12-17,20H2,1-6H3,(H2,37,41)/t25?,27-,32-,33-,34+,35-,36+/m1/s1. The lowest BCUT2D eigenvalue weighted by Gasteiger charge is -2.70. The lowest BCUT2D eigenvalue weighted by atomic mass is 9.34. The van der Waals surface area contributed by atoms with Crippen molar-refractivity contribution in [1.82, 2.24) is 0 Å². The van der Waals surface area contributed by atoms with E-state index in [0.29, 0.717) is 17.0 Å². The second-order valence-electron chi connectivity index (χ2n) is 15.0. The SMILES string of the molecule is Cc1c(O)c(O)cc2c1C(SC(=O)c1ccccc1)C=C1[C@@]2(C)CC[C@@]2(C)[C@@H]3C[C@](C)(C(N)=O)CC[C@]3(C)CC[C@]12C. The second kappa shape index (κ2) is 9.38. The minimum Gasteiger partial charge on any atom is -0.504 e. The van der Waals surface area contributed by atoms with Crippen molar-refractivity contribution < 1.29 is 19.8 Å². The molecule has 0 radical (unpaired) electrons. The number of benzene rings is 2. The number of hydrogen-bond donors (Lipinski definition) is 3. The van der Waals surface area contributed by atoms with Crippen LogP contribution < -0.4 is 5.73 Å². The van der Waals surface area contributed by atoms with E-state index in [4.69, 9.17) is 5.73 Å². The summed E-state index contributed by atoms with van der Waals surface area (Å²) in [6.45, 7) is 13.5. The van der Waals surface area contributed by atoms with Crippen LogP contribution in [0, 0.1) is 34.5 Å². The fourth-order valence-electron chi connectivity index (χ4n) is 9.76. The first kappa shape index (κ1) is 29.3. The lowest BCUT2D eigenvalue weighted by Crippen LogP contribution is -2.63. The number of carbonyl (C=O) groups is 2. The molecule has 3 saturated carbocycles. The van der Waals surface area contributed by atoms with Gasteiger partial charge in [-0.05, 0) is 96.8 Å². The van der Waals surface area contributed by atoms with E-state index >= 15 is 0 Å². The monoisotopic (exact) mass is 587 g/mol. The number of phenolic OH excluding ortho intramolecular Hbond substituents is 2. The molecule has 4 N–H and O–H groups in total. The van der Waals surface area contributed by atoms with Crippen LogP contribution in [0.2, 0.25) is 0 Å². The molecule has 0 aromatic heterocycles. The van der Waals surface area contributed by atoms with E-state index in [1.807, 2.05) is 37.3 Å². The third-order valence-corrected chi connectivity index (χ3v) is 14.0. The Morgan fingerprint density at radius 1 is 0.929 bits per heavy atom. The number of allylic oxidation sites excluding steroid dienone is 1. The first-order valence-corrected chi connectivity index (χ1v) is 16.3. The predicted octanol–water partition coefficient (Wildman–Crippen LogP) is 8.12. The predicted molar refractivity (Wildman–Crippen MR) is 168 cm³/mol. The summed E-state index contributed by atoms with van der Waals surface area (Å²) in [6.07, 6.45) is 9.01. The Labute approximate surface area is 254 Å². The van der Waals surface area contributed by atoms with Gasteiger partial charge in [-0.3, -0.25) is 9.59 Å². The van der Waals surface area contributed by atoms with Crippen molar-refractivity contribution in [3.63, 3.8) is 0 Å². The van der Waals surface area contributed by atoms with Crippen molar-refractivity contribution in [2.75, 3.05) is 0 Å². The van der Waals surface area contributed by atoms with Crippen LogP contribution in [0.1, 0.15) is 112 Å². The third-order valence-electron chi connectivity index (χ3n) is 12.9. The van der Waals surface area contributed by atoms with Gasteiger partial charge in [-0.25, -0.2) is 0 Å². The third kappa shape index (κ3) is 3.89. The number of fused-ring (bicyclic) bond motifs is 7. The fraction of sp³-hybridized carbons (Fsp3) is 0.556. The highest BCUT2D eigenvalue weighted by Crippen LogP contribution is 2.75. The van der Waals surface area contributed by atoms with Gasteiger partial charge in [0, 0.05) is 16.4 Å². The van der Waals surface area contributed by atoms with E-state index in [2.05, 4.69) is 40.7 Å². The van der Waals surface area contributed by atoms with Gasteiger partial charge in [0.05, 0.1) is 5.25 Å². The molecule has 0 aliphatic heterocycles. The van der Waals surface area contributed by atoms with Gasteiger partial charge >= 0.3 is 0 Å². The second-order valence-corrected chi connectivity index (χ2v) is 16.1. The van der Waals surface area contributed by atoms with E-state index in [0.717, 1.165) is 56.1 Å². The smallest absolute Gasteiger partial charge is 0.223 e. The van der Waals surface area contributed by atoms with Crippen LogP contribution in [-0.4, -0.2) is 21.2 Å². The number of primary amides is 1. The molecule has 42 heavy (non-hydrogen) atoms. The van der Waals surface area contributed by atoms with Crippen molar-refractivity contribution in [2.24, 2.45) is 33.3 Å². The topological polar surface area (TPSA) is 101 Å². The van der Waals surface area contributed by atoms with Gasteiger partial charge < -0.3 is 15.9 Å². The lowest BCUT2D eigenvalue weighted by molar-refractivity contribution is -0.166. The maximum atomic E-state index is 13.6. The molecule has 0 heterocycles. The van der Waals surface area contributed by atoms with E-state index in [9.17, 15) is 19.8 Å². The zero-order valence-corrected chi connectivity index (χ0v) is 26.7. The highest BCUT2D eigenvalue weighted by molar-refractivity contribution is 8.14. The molecule has 1 amide bonds. The molecule has 4 aliphatic rings. The summed E-state index contributed by atoms with van der Waals surface area (Å²) < 4.78 is 0. The molecule has 0 spiro atoms. The average Bonchev–Trinajstić information content (AvgIpc) is 2.95. The van der Waals surface area contributed by atoms with Crippen LogP contribution in [0.25, 0.3) is 0 Å². The molecule has 0 saturated heterocycles. The normalized spacial score (nSPS) is 38.8. The first-order chi connectivity index (χ1) is 19.6. The number of aromatic hydroxyl groups is 2. The van der Waals surface area contributed by atoms with Gasteiger partial charge in [0.25, 0.3) is 0 Å². The van der Waals surface area contributed by atoms with Gasteiger partial charge in [-0.15, -0.1) is 0 Å². The van der Waals surface area contributed by atoms with E-state index in [1.165, 1.54) is 17.3 Å². The van der Waals surface area contributed by atoms with Crippen molar-refractivity contribution in [3.05, 3.63) is 70.3 Å². The van der Waals surface area contributed by atoms with Crippen LogP contribution in [0.3, 0.4) is 0 Å². The Balaban J connectivity index is 1.51. The summed E-state index contributed by atoms with van der Waals surface area (Å²) in [7, 11) is 0. The summed E-state index contributed by atoms with van der Waals surface area (Å²) in [6, 6.07) is 11.1. The maximum Gasteiger partial charge on any atom is 0.223 e. The van der Waals surface area contributed by atoms with Gasteiger partial charge in [0.1, 0.15) is 0 Å². The van der Waals surface area contributed by atoms with E-state index in [1.54, 1.807) is 6.07 Å². The molecular weight excluding hydrogens is 542 g/mol. The minimum absolute atomic E-state index is 0.0107. The maximum absolute atomic E-state index is 13.6. The fourth-order valence-corrected chi connectivity index (χ4v) is 10.9. The Kier molecular flexibility index (Phi) is 6.56. The zero-order chi connectivity index (χ0) is 30.5. The summed E-state index contributed by atoms with van der Waals surface area (Å²) in [4.78, 5) is 26.3. The molecule has 3 fully saturated rings. The summed E-state index contributed by atoms with van der Waals surface area (Å²) in [5.74, 6) is -0.0614. The highest BCUT2D eigenvalue weighted by Gasteiger charge is 2.67. The summed E-state index contributed by atoms with van der Waals surface area (Å²) in [5.41, 5.74) is 9.68. The number of nitrogens with two attached hydrogens (primary N) is 1. The quantitative estimate of drug-likeness (QED) is 0.249. The van der Waals surface area contributed by atoms with Gasteiger partial charge in [0.2, 0.25) is 11.0 Å². The number of amides is 1. The molecular formula is C36H45NO4S. The summed E-state index contributed by atoms with van der Waals surface area (Å²) in [5, 5.41) is 21.4. The molecule has 6 heteroatoms. The van der Waals surface area contributed by atoms with Crippen LogP contribution >= 0.6 is 11.8 Å². The van der Waals surface area contributed by atoms with Crippen LogP contribution in [0.5, 0.6) is 11.5 Å². The molecule has 5 nitrogen and oxygen atoms in total. The molecule has 2 aromatic rings. The Hall–Kier alpha value is -2.73. The van der Waals surface area contributed by atoms with Crippen molar-refractivity contribution in [1.29, 1.82) is 0 Å². The van der Waals surface area contributed by atoms with E-state index in [-0.39, 0.29) is 49.4 Å². The number of hydrogen-bond acceptors (Lipinski definition) is 5. The molecule has 7 atom stereocenters. The average molecular weight is 588 g/mol. The minimum atomic E-state index is -0.499. The first-order valence-electron chi connectivity index (χ1n) is 15.4. The molecule has 6 rings (SSSR count). The zero-order valence-electron chi connectivity index (χ0n) is 25.8. The van der Waals surface area contributed by atoms with Crippen LogP contribution in [0.4, 0.5) is 0 Å². The number of phenols is 2. The van der Waals surface area contributed by atoms with Crippen molar-refractivity contribution in [3.8, 4) is 11.5 Å². The molecule has 1 unspecified atom stereocenters. The number of rotatable bonds is 3.